The van der Waals surface area contributed by atoms with Gasteiger partial charge in [0.2, 0.25) is 17.8 Å². The molecule has 12 nitrogen and oxygen atoms in total. The van der Waals surface area contributed by atoms with E-state index in [1.807, 2.05) is 18.3 Å². The van der Waals surface area contributed by atoms with Gasteiger partial charge < -0.3 is 24.4 Å². The third-order valence-corrected chi connectivity index (χ3v) is 12.7. The Labute approximate surface area is 365 Å². The van der Waals surface area contributed by atoms with Gasteiger partial charge in [-0.05, 0) is 78.8 Å². The first-order valence-electron chi connectivity index (χ1n) is 21.7. The molecule has 62 heavy (non-hydrogen) atoms. The predicted octanol–water partition coefficient (Wildman–Crippen LogP) is 7.48. The van der Waals surface area contributed by atoms with Crippen LogP contribution in [0.5, 0.6) is 0 Å². The smallest absolute Gasteiger partial charge is 0.255 e. The Morgan fingerprint density at radius 1 is 0.919 bits per heavy atom. The van der Waals surface area contributed by atoms with Crippen molar-refractivity contribution in [3.8, 4) is 23.0 Å². The van der Waals surface area contributed by atoms with Crippen LogP contribution in [0.15, 0.2) is 73.1 Å². The number of aromatic nitrogens is 3. The van der Waals surface area contributed by atoms with Crippen molar-refractivity contribution < 1.29 is 23.5 Å². The van der Waals surface area contributed by atoms with E-state index in [1.165, 1.54) is 37.0 Å². The van der Waals surface area contributed by atoms with E-state index in [4.69, 9.17) is 21.3 Å². The van der Waals surface area contributed by atoms with Crippen LogP contribution in [0.2, 0.25) is 5.02 Å². The first-order chi connectivity index (χ1) is 30.2. The Balaban J connectivity index is 0.728. The summed E-state index contributed by atoms with van der Waals surface area (Å²) in [6, 6.07) is 18.5. The summed E-state index contributed by atoms with van der Waals surface area (Å²) in [6.07, 6.45) is 11.5. The van der Waals surface area contributed by atoms with Crippen molar-refractivity contribution in [2.75, 3.05) is 51.3 Å². The van der Waals surface area contributed by atoms with Gasteiger partial charge in [0, 0.05) is 110 Å². The van der Waals surface area contributed by atoms with Gasteiger partial charge in [0.25, 0.3) is 5.91 Å². The van der Waals surface area contributed by atoms with Crippen LogP contribution in [0.3, 0.4) is 0 Å². The molecule has 1 atom stereocenters. The van der Waals surface area contributed by atoms with Crippen LogP contribution in [-0.4, -0.2) is 98.9 Å². The highest BCUT2D eigenvalue weighted by Crippen LogP contribution is 2.37. The molecule has 1 aliphatic carbocycles. The Morgan fingerprint density at radius 3 is 2.52 bits per heavy atom. The van der Waals surface area contributed by atoms with Crippen molar-refractivity contribution in [2.45, 2.75) is 76.5 Å². The first-order valence-corrected chi connectivity index (χ1v) is 22.1. The number of nitrogens with zero attached hydrogens (tertiary/aromatic N) is 6. The van der Waals surface area contributed by atoms with Gasteiger partial charge >= 0.3 is 0 Å². The molecule has 1 unspecified atom stereocenters. The standard InChI is InChI=1S/C48H50ClFN8O4/c49-36-25-37(50)27-38(26-36)52-48-51-28-41-42(31-57(45(41)54-48)39-7-2-1-3-8-39)34-12-9-33(10-13-34)29-56-20-18-55(19-21-56)17-5-23-62-22-4-6-32-11-14-40-35(24-32)30-58(47(40)61)43-15-16-44(59)53-46(43)60/h9-14,24-28,31,39,43H,1-3,5,7-8,15-23,29-30H2,(H,51,52,54)(H,53,59,60). The van der Waals surface area contributed by atoms with Crippen LogP contribution in [0.4, 0.5) is 16.0 Å². The zero-order valence-electron chi connectivity index (χ0n) is 34.7. The number of piperazine rings is 1. The van der Waals surface area contributed by atoms with Crippen molar-refractivity contribution in [1.82, 2.24) is 34.6 Å². The van der Waals surface area contributed by atoms with E-state index in [0.717, 1.165) is 91.8 Å². The highest BCUT2D eigenvalue weighted by atomic mass is 35.5. The van der Waals surface area contributed by atoms with E-state index < -0.39 is 17.8 Å². The fourth-order valence-electron chi connectivity index (χ4n) is 9.24. The third-order valence-electron chi connectivity index (χ3n) is 12.5. The molecule has 0 radical (unpaired) electrons. The van der Waals surface area contributed by atoms with Gasteiger partial charge in [0.1, 0.15) is 24.1 Å². The molecule has 3 aromatic carbocycles. The maximum Gasteiger partial charge on any atom is 0.255 e. The van der Waals surface area contributed by atoms with Gasteiger partial charge in [0.15, 0.2) is 0 Å². The molecule has 1 saturated carbocycles. The minimum absolute atomic E-state index is 0.186. The number of rotatable bonds is 12. The van der Waals surface area contributed by atoms with E-state index in [0.29, 0.717) is 54.4 Å². The van der Waals surface area contributed by atoms with Crippen LogP contribution in [0.25, 0.3) is 22.2 Å². The van der Waals surface area contributed by atoms with Gasteiger partial charge in [-0.2, -0.15) is 4.98 Å². The summed E-state index contributed by atoms with van der Waals surface area (Å²) in [6.45, 7) is 7.23. The number of piperidine rings is 1. The number of ether oxygens (including phenoxy) is 1. The summed E-state index contributed by atoms with van der Waals surface area (Å²) >= 11 is 6.10. The molecule has 3 amide bonds. The van der Waals surface area contributed by atoms with Gasteiger partial charge in [-0.15, -0.1) is 0 Å². The van der Waals surface area contributed by atoms with E-state index in [2.05, 4.69) is 72.3 Å². The lowest BCUT2D eigenvalue weighted by Crippen LogP contribution is -2.52. The molecule has 9 rings (SSSR count). The molecule has 2 saturated heterocycles. The summed E-state index contributed by atoms with van der Waals surface area (Å²) in [7, 11) is 0. The van der Waals surface area contributed by atoms with Gasteiger partial charge in [-0.3, -0.25) is 24.6 Å². The molecule has 14 heteroatoms. The van der Waals surface area contributed by atoms with Crippen molar-refractivity contribution in [1.29, 1.82) is 0 Å². The fourth-order valence-corrected chi connectivity index (χ4v) is 9.46. The van der Waals surface area contributed by atoms with Crippen LogP contribution < -0.4 is 10.6 Å². The van der Waals surface area contributed by atoms with E-state index in [1.54, 1.807) is 17.0 Å². The minimum Gasteiger partial charge on any atom is -0.369 e. The molecule has 0 spiro atoms. The molecular weight excluding hydrogens is 807 g/mol. The first kappa shape index (κ1) is 41.7. The summed E-state index contributed by atoms with van der Waals surface area (Å²) < 4.78 is 22.2. The van der Waals surface area contributed by atoms with Crippen molar-refractivity contribution >= 4 is 52.0 Å². The number of hydrogen-bond donors (Lipinski definition) is 2. The van der Waals surface area contributed by atoms with Gasteiger partial charge in [0.05, 0.1) is 0 Å². The van der Waals surface area contributed by atoms with E-state index in [9.17, 15) is 18.8 Å². The number of amides is 3. The Bertz CT molecular complexity index is 2520. The monoisotopic (exact) mass is 856 g/mol. The summed E-state index contributed by atoms with van der Waals surface area (Å²) in [4.78, 5) is 53.0. The number of fused-ring (bicyclic) bond motifs is 2. The number of hydrogen-bond acceptors (Lipinski definition) is 9. The fraction of sp³-hybridized carbons (Fsp3) is 0.396. The van der Waals surface area contributed by atoms with E-state index >= 15 is 0 Å². The normalized spacial score (nSPS) is 18.8. The molecule has 3 aliphatic heterocycles. The molecule has 320 valence electrons. The highest BCUT2D eigenvalue weighted by molar-refractivity contribution is 6.30. The van der Waals surface area contributed by atoms with Crippen LogP contribution >= 0.6 is 11.6 Å². The van der Waals surface area contributed by atoms with Gasteiger partial charge in [-0.1, -0.05) is 67.0 Å². The maximum absolute atomic E-state index is 14.1. The number of anilines is 2. The van der Waals surface area contributed by atoms with Crippen LogP contribution in [-0.2, 0) is 27.4 Å². The van der Waals surface area contributed by atoms with Crippen molar-refractivity contribution in [2.24, 2.45) is 0 Å². The minimum atomic E-state index is -0.628. The molecule has 3 fully saturated rings. The second kappa shape index (κ2) is 18.8. The number of benzene rings is 3. The van der Waals surface area contributed by atoms with Crippen molar-refractivity contribution in [3.63, 3.8) is 0 Å². The zero-order chi connectivity index (χ0) is 42.6. The third kappa shape index (κ3) is 9.54. The Kier molecular flexibility index (Phi) is 12.6. The van der Waals surface area contributed by atoms with Crippen LogP contribution in [0.1, 0.15) is 84.5 Å². The molecule has 2 aromatic heterocycles. The molecule has 5 aromatic rings. The van der Waals surface area contributed by atoms with E-state index in [-0.39, 0.29) is 18.2 Å². The maximum atomic E-state index is 14.1. The number of carbonyl (C=O) groups excluding carboxylic acids is 3. The average molecular weight is 857 g/mol. The van der Waals surface area contributed by atoms with Gasteiger partial charge in [-0.25, -0.2) is 9.37 Å². The quantitative estimate of drug-likeness (QED) is 0.0747. The Morgan fingerprint density at radius 2 is 1.73 bits per heavy atom. The topological polar surface area (TPSA) is 125 Å². The lowest BCUT2D eigenvalue weighted by atomic mass is 9.95. The SMILES string of the molecule is O=C1CCC(N2Cc3cc(C#CCOCCCN4CCN(Cc5ccc(-c6cn(C7CCCCC7)c7nc(Nc8cc(F)cc(Cl)c8)ncc67)cc5)CC4)ccc3C2=O)C(=O)N1. The van der Waals surface area contributed by atoms with Crippen molar-refractivity contribution in [3.05, 3.63) is 106 Å². The largest absolute Gasteiger partial charge is 0.369 e. The number of nitrogens with one attached hydrogen (secondary N) is 2. The Hall–Kier alpha value is -5.65. The lowest BCUT2D eigenvalue weighted by molar-refractivity contribution is -0.136. The zero-order valence-corrected chi connectivity index (χ0v) is 35.4. The number of carbonyl (C=O) groups is 3. The van der Waals surface area contributed by atoms with Crippen LogP contribution in [0, 0.1) is 17.7 Å². The predicted molar refractivity (Wildman–Crippen MR) is 236 cm³/mol. The molecular formula is C48H50ClFN8O4. The molecule has 0 bridgehead atoms. The highest BCUT2D eigenvalue weighted by Gasteiger charge is 2.39. The lowest BCUT2D eigenvalue weighted by Gasteiger charge is -2.34. The summed E-state index contributed by atoms with van der Waals surface area (Å²) in [5, 5.41) is 6.80. The number of imide groups is 1. The summed E-state index contributed by atoms with van der Waals surface area (Å²) in [5.74, 6) is 5.33. The average Bonchev–Trinajstić information content (AvgIpc) is 3.81. The molecule has 2 N–H and O–H groups in total. The second-order valence-corrected chi connectivity index (χ2v) is 17.2. The number of halogens is 2. The molecule has 4 aliphatic rings. The second-order valence-electron chi connectivity index (χ2n) is 16.8. The summed E-state index contributed by atoms with van der Waals surface area (Å²) in [5.41, 5.74) is 7.13. The molecule has 5 heterocycles.